The van der Waals surface area contributed by atoms with Crippen LogP contribution in [0, 0.1) is 11.8 Å². The van der Waals surface area contributed by atoms with Gasteiger partial charge in [0.05, 0.1) is 10.9 Å². The Bertz CT molecular complexity index is 800. The van der Waals surface area contributed by atoms with E-state index in [1.165, 1.54) is 6.07 Å². The maximum atomic E-state index is 11.9. The lowest BCUT2D eigenvalue weighted by atomic mass is 10.2. The molecule has 1 N–H and O–H groups in total. The van der Waals surface area contributed by atoms with Crippen molar-refractivity contribution in [1.29, 1.82) is 0 Å². The Kier molecular flexibility index (Phi) is 5.48. The second-order valence-corrected chi connectivity index (χ2v) is 8.34. The SMILES string of the molecule is CN(C)c1ccc(C#CCNS(=O)(=O)c2ccc(Cl)s2)cc1. The highest BCUT2D eigenvalue weighted by atomic mass is 35.5. The smallest absolute Gasteiger partial charge is 0.250 e. The van der Waals surface area contributed by atoms with Crippen LogP contribution in [0.3, 0.4) is 0 Å². The fourth-order valence-electron chi connectivity index (χ4n) is 1.63. The van der Waals surface area contributed by atoms with Crippen LogP contribution in [-0.4, -0.2) is 29.1 Å². The van der Waals surface area contributed by atoms with Crippen LogP contribution in [0.1, 0.15) is 5.56 Å². The zero-order valence-corrected chi connectivity index (χ0v) is 14.5. The topological polar surface area (TPSA) is 49.4 Å². The van der Waals surface area contributed by atoms with E-state index < -0.39 is 10.0 Å². The summed E-state index contributed by atoms with van der Waals surface area (Å²) in [5, 5.41) is 0. The van der Waals surface area contributed by atoms with Gasteiger partial charge < -0.3 is 4.90 Å². The first kappa shape index (κ1) is 16.8. The number of hydrogen-bond donors (Lipinski definition) is 1. The normalized spacial score (nSPS) is 10.9. The largest absolute Gasteiger partial charge is 0.378 e. The Hall–Kier alpha value is -1.52. The number of nitrogens with one attached hydrogen (secondary N) is 1. The average molecular weight is 355 g/mol. The zero-order chi connectivity index (χ0) is 16.2. The third kappa shape index (κ3) is 4.49. The number of anilines is 1. The molecule has 0 saturated carbocycles. The van der Waals surface area contributed by atoms with E-state index in [0.717, 1.165) is 22.6 Å². The fraction of sp³-hybridized carbons (Fsp3) is 0.200. The monoisotopic (exact) mass is 354 g/mol. The Balaban J connectivity index is 1.97. The van der Waals surface area contributed by atoms with Crippen molar-refractivity contribution in [3.8, 4) is 11.8 Å². The molecule has 1 aromatic heterocycles. The van der Waals surface area contributed by atoms with Gasteiger partial charge >= 0.3 is 0 Å². The van der Waals surface area contributed by atoms with Gasteiger partial charge in [0.25, 0.3) is 10.0 Å². The van der Waals surface area contributed by atoms with Crippen LogP contribution >= 0.6 is 22.9 Å². The van der Waals surface area contributed by atoms with Crippen molar-refractivity contribution in [3.63, 3.8) is 0 Å². The summed E-state index contributed by atoms with van der Waals surface area (Å²) in [5.74, 6) is 5.72. The van der Waals surface area contributed by atoms with Crippen LogP contribution in [0.25, 0.3) is 0 Å². The van der Waals surface area contributed by atoms with Crippen LogP contribution in [0.15, 0.2) is 40.6 Å². The van der Waals surface area contributed by atoms with Gasteiger partial charge in [0.15, 0.2) is 0 Å². The number of benzene rings is 1. The third-order valence-corrected chi connectivity index (χ3v) is 5.90. The summed E-state index contributed by atoms with van der Waals surface area (Å²) in [5.41, 5.74) is 1.92. The van der Waals surface area contributed by atoms with Gasteiger partial charge in [-0.25, -0.2) is 8.42 Å². The summed E-state index contributed by atoms with van der Waals surface area (Å²) in [4.78, 5) is 2.00. The minimum Gasteiger partial charge on any atom is -0.378 e. The van der Waals surface area contributed by atoms with Crippen molar-refractivity contribution in [2.45, 2.75) is 4.21 Å². The highest BCUT2D eigenvalue weighted by Crippen LogP contribution is 2.25. The van der Waals surface area contributed by atoms with E-state index in [1.807, 2.05) is 43.3 Å². The molecule has 4 nitrogen and oxygen atoms in total. The molecule has 0 amide bonds. The van der Waals surface area contributed by atoms with Crippen molar-refractivity contribution in [2.75, 3.05) is 25.5 Å². The number of hydrogen-bond acceptors (Lipinski definition) is 4. The minimum atomic E-state index is -3.54. The summed E-state index contributed by atoms with van der Waals surface area (Å²) in [7, 11) is 0.392. The lowest BCUT2D eigenvalue weighted by molar-refractivity contribution is 0.588. The van der Waals surface area contributed by atoms with Gasteiger partial charge in [-0.2, -0.15) is 4.72 Å². The zero-order valence-electron chi connectivity index (χ0n) is 12.1. The second-order valence-electron chi connectivity index (χ2n) is 4.63. The predicted molar refractivity (Wildman–Crippen MR) is 92.2 cm³/mol. The highest BCUT2D eigenvalue weighted by molar-refractivity contribution is 7.91. The summed E-state index contributed by atoms with van der Waals surface area (Å²) in [6.07, 6.45) is 0. The molecular formula is C15H15ClN2O2S2. The van der Waals surface area contributed by atoms with Crippen LogP contribution in [0.4, 0.5) is 5.69 Å². The molecule has 0 aliphatic heterocycles. The molecule has 22 heavy (non-hydrogen) atoms. The molecule has 1 heterocycles. The highest BCUT2D eigenvalue weighted by Gasteiger charge is 2.15. The molecular weight excluding hydrogens is 340 g/mol. The van der Waals surface area contributed by atoms with Crippen LogP contribution < -0.4 is 9.62 Å². The van der Waals surface area contributed by atoms with E-state index in [0.29, 0.717) is 4.34 Å². The van der Waals surface area contributed by atoms with Gasteiger partial charge in [0.1, 0.15) is 4.21 Å². The molecule has 2 rings (SSSR count). The van der Waals surface area contributed by atoms with Gasteiger partial charge in [0.2, 0.25) is 0 Å². The molecule has 0 unspecified atom stereocenters. The molecule has 0 fully saturated rings. The summed E-state index contributed by atoms with van der Waals surface area (Å²) >= 11 is 6.75. The van der Waals surface area contributed by atoms with Crippen molar-refractivity contribution in [1.82, 2.24) is 4.72 Å². The molecule has 0 aliphatic carbocycles. The van der Waals surface area contributed by atoms with E-state index in [1.54, 1.807) is 6.07 Å². The Labute approximate surface area is 139 Å². The third-order valence-electron chi connectivity index (χ3n) is 2.78. The number of halogens is 1. The summed E-state index contributed by atoms with van der Waals surface area (Å²) < 4.78 is 26.9. The Morgan fingerprint density at radius 3 is 2.41 bits per heavy atom. The minimum absolute atomic E-state index is 0.0489. The summed E-state index contributed by atoms with van der Waals surface area (Å²) in [6.45, 7) is 0.0489. The number of nitrogens with zero attached hydrogens (tertiary/aromatic N) is 1. The van der Waals surface area contributed by atoms with Crippen molar-refractivity contribution in [3.05, 3.63) is 46.3 Å². The maximum Gasteiger partial charge on any atom is 0.250 e. The second kappa shape index (κ2) is 7.16. The lowest BCUT2D eigenvalue weighted by Crippen LogP contribution is -2.23. The Morgan fingerprint density at radius 1 is 1.18 bits per heavy atom. The first-order chi connectivity index (χ1) is 10.4. The van der Waals surface area contributed by atoms with E-state index in [9.17, 15) is 8.42 Å². The number of sulfonamides is 1. The van der Waals surface area contributed by atoms with Crippen LogP contribution in [0.5, 0.6) is 0 Å². The molecule has 0 saturated heterocycles. The lowest BCUT2D eigenvalue weighted by Gasteiger charge is -2.11. The van der Waals surface area contributed by atoms with Crippen molar-refractivity contribution >= 4 is 38.6 Å². The Morgan fingerprint density at radius 2 is 1.86 bits per heavy atom. The molecule has 1 aromatic carbocycles. The van der Waals surface area contributed by atoms with Gasteiger partial charge in [-0.1, -0.05) is 23.4 Å². The molecule has 0 bridgehead atoms. The van der Waals surface area contributed by atoms with Crippen LogP contribution in [-0.2, 0) is 10.0 Å². The van der Waals surface area contributed by atoms with E-state index in [-0.39, 0.29) is 10.8 Å². The molecule has 0 radical (unpaired) electrons. The van der Waals surface area contributed by atoms with E-state index >= 15 is 0 Å². The molecule has 0 atom stereocenters. The molecule has 0 spiro atoms. The van der Waals surface area contributed by atoms with Gasteiger partial charge in [0, 0.05) is 25.3 Å². The van der Waals surface area contributed by atoms with Gasteiger partial charge in [-0.05, 0) is 36.4 Å². The first-order valence-electron chi connectivity index (χ1n) is 6.40. The number of rotatable bonds is 4. The van der Waals surface area contributed by atoms with E-state index in [2.05, 4.69) is 16.6 Å². The quantitative estimate of drug-likeness (QED) is 0.859. The van der Waals surface area contributed by atoms with Gasteiger partial charge in [-0.15, -0.1) is 11.3 Å². The summed E-state index contributed by atoms with van der Waals surface area (Å²) in [6, 6.07) is 10.7. The maximum absolute atomic E-state index is 11.9. The molecule has 0 aliphatic rings. The van der Waals surface area contributed by atoms with E-state index in [4.69, 9.17) is 11.6 Å². The van der Waals surface area contributed by atoms with Gasteiger partial charge in [-0.3, -0.25) is 0 Å². The first-order valence-corrected chi connectivity index (χ1v) is 9.07. The standard InChI is InChI=1S/C15H15ClN2O2S2/c1-18(2)13-7-5-12(6-8-13)4-3-11-17-22(19,20)15-10-9-14(16)21-15/h5-10,17H,11H2,1-2H3. The molecule has 116 valence electrons. The van der Waals surface area contributed by atoms with Crippen LogP contribution in [0.2, 0.25) is 4.34 Å². The molecule has 2 aromatic rings. The predicted octanol–water partition coefficient (Wildman–Crippen LogP) is 2.80. The van der Waals surface area contributed by atoms with Crippen molar-refractivity contribution in [2.24, 2.45) is 0 Å². The average Bonchev–Trinajstić information content (AvgIpc) is 2.92. The number of thiophene rings is 1. The van der Waals surface area contributed by atoms with Crippen molar-refractivity contribution < 1.29 is 8.42 Å². The molecule has 7 heteroatoms. The fourth-order valence-corrected chi connectivity index (χ4v) is 4.08.